The minimum absolute atomic E-state index is 1.22. The zero-order valence-electron chi connectivity index (χ0n) is 30.2. The first-order chi connectivity index (χ1) is 26.6. The molecule has 0 atom stereocenters. The van der Waals surface area contributed by atoms with Crippen molar-refractivity contribution < 1.29 is 0 Å². The van der Waals surface area contributed by atoms with E-state index in [1.807, 2.05) is 0 Å². The molecule has 0 aliphatic carbocycles. The van der Waals surface area contributed by atoms with E-state index in [1.165, 1.54) is 110 Å². The van der Waals surface area contributed by atoms with Crippen molar-refractivity contribution in [2.75, 3.05) is 0 Å². The molecule has 0 fully saturated rings. The number of nitrogens with zero attached hydrogens (tertiary/aromatic N) is 2. The molecule has 2 nitrogen and oxygen atoms in total. The molecule has 11 rings (SSSR count). The normalized spacial score (nSPS) is 11.9. The molecule has 0 bridgehead atoms. The van der Waals surface area contributed by atoms with Crippen LogP contribution in [0.2, 0.25) is 0 Å². The van der Waals surface area contributed by atoms with Gasteiger partial charge in [0, 0.05) is 57.7 Å². The summed E-state index contributed by atoms with van der Waals surface area (Å²) in [5, 5.41) is 10.1. The van der Waals surface area contributed by atoms with Gasteiger partial charge in [0.15, 0.2) is 0 Å². The lowest BCUT2D eigenvalue weighted by Crippen LogP contribution is -1.93. The average molecular weight is 689 g/mol. The van der Waals surface area contributed by atoms with Crippen LogP contribution in [0.3, 0.4) is 0 Å². The lowest BCUT2D eigenvalue weighted by molar-refractivity contribution is 1.01. The van der Waals surface area contributed by atoms with Crippen molar-refractivity contribution >= 4 is 65.2 Å². The van der Waals surface area contributed by atoms with Crippen molar-refractivity contribution in [3.63, 3.8) is 0 Å². The zero-order valence-corrected chi connectivity index (χ0v) is 30.2. The summed E-state index contributed by atoms with van der Waals surface area (Å²) in [6, 6.07) is 67.4. The molecule has 0 unspecified atom stereocenters. The molecule has 54 heavy (non-hydrogen) atoms. The Morgan fingerprint density at radius 3 is 1.24 bits per heavy atom. The van der Waals surface area contributed by atoms with Gasteiger partial charge in [-0.15, -0.1) is 0 Å². The Bertz CT molecular complexity index is 3110. The van der Waals surface area contributed by atoms with Gasteiger partial charge in [-0.2, -0.15) is 0 Å². The zero-order chi connectivity index (χ0) is 35.9. The molecule has 0 radical (unpaired) electrons. The fraction of sp³-hybridized carbons (Fsp3) is 0.0385. The lowest BCUT2D eigenvalue weighted by atomic mass is 9.84. The molecule has 11 aromatic rings. The molecule has 2 heterocycles. The Balaban J connectivity index is 1.24. The molecule has 254 valence electrons. The van der Waals surface area contributed by atoms with Gasteiger partial charge in [-0.05, 0) is 109 Å². The average Bonchev–Trinajstić information content (AvgIpc) is 3.69. The van der Waals surface area contributed by atoms with Crippen LogP contribution < -0.4 is 0 Å². The minimum atomic E-state index is 1.22. The van der Waals surface area contributed by atoms with E-state index in [2.05, 4.69) is 205 Å². The summed E-state index contributed by atoms with van der Waals surface area (Å²) in [5.74, 6) is 0. The van der Waals surface area contributed by atoms with E-state index >= 15 is 0 Å². The van der Waals surface area contributed by atoms with E-state index in [0.29, 0.717) is 0 Å². The van der Waals surface area contributed by atoms with Gasteiger partial charge in [0.1, 0.15) is 0 Å². The SMILES string of the molecule is Cn1c2ccccc2c2cc(-c3cccc4c(-c5ccccc5-c5ccccc5)c5cccc(-c6ccc7c(c6)c6ccccc6n7C)c5cc34)ccc21. The maximum absolute atomic E-state index is 2.46. The van der Waals surface area contributed by atoms with Crippen molar-refractivity contribution in [3.8, 4) is 44.5 Å². The van der Waals surface area contributed by atoms with Gasteiger partial charge >= 0.3 is 0 Å². The molecular weight excluding hydrogens is 653 g/mol. The van der Waals surface area contributed by atoms with Crippen molar-refractivity contribution in [1.82, 2.24) is 9.13 Å². The van der Waals surface area contributed by atoms with E-state index < -0.39 is 0 Å². The van der Waals surface area contributed by atoms with Gasteiger partial charge in [-0.3, -0.25) is 0 Å². The second kappa shape index (κ2) is 11.8. The van der Waals surface area contributed by atoms with Gasteiger partial charge in [0.05, 0.1) is 0 Å². The largest absolute Gasteiger partial charge is 0.344 e. The Morgan fingerprint density at radius 1 is 0.259 bits per heavy atom. The highest BCUT2D eigenvalue weighted by Gasteiger charge is 2.20. The summed E-state index contributed by atoms with van der Waals surface area (Å²) < 4.78 is 4.62. The van der Waals surface area contributed by atoms with Gasteiger partial charge < -0.3 is 9.13 Å². The molecule has 0 spiro atoms. The lowest BCUT2D eigenvalue weighted by Gasteiger charge is -2.19. The van der Waals surface area contributed by atoms with Gasteiger partial charge in [0.2, 0.25) is 0 Å². The predicted molar refractivity (Wildman–Crippen MR) is 231 cm³/mol. The number of para-hydroxylation sites is 2. The fourth-order valence-electron chi connectivity index (χ4n) is 9.20. The third-order valence-electron chi connectivity index (χ3n) is 11.8. The predicted octanol–water partition coefficient (Wildman–Crippen LogP) is 14.0. The van der Waals surface area contributed by atoms with Crippen molar-refractivity contribution in [1.29, 1.82) is 0 Å². The maximum atomic E-state index is 2.46. The van der Waals surface area contributed by atoms with Crippen molar-refractivity contribution in [3.05, 3.63) is 182 Å². The highest BCUT2D eigenvalue weighted by molar-refractivity contribution is 6.21. The van der Waals surface area contributed by atoms with E-state index in [0.717, 1.165) is 0 Å². The molecule has 0 amide bonds. The summed E-state index contributed by atoms with van der Waals surface area (Å²) in [7, 11) is 4.34. The molecular formula is C52H36N2. The third-order valence-corrected chi connectivity index (χ3v) is 11.8. The summed E-state index contributed by atoms with van der Waals surface area (Å²) in [5.41, 5.74) is 14.9. The number of hydrogen-bond acceptors (Lipinski definition) is 0. The Kier molecular flexibility index (Phi) is 6.72. The molecule has 0 saturated heterocycles. The van der Waals surface area contributed by atoms with Crippen molar-refractivity contribution in [2.45, 2.75) is 0 Å². The van der Waals surface area contributed by atoms with E-state index in [-0.39, 0.29) is 0 Å². The van der Waals surface area contributed by atoms with Crippen LogP contribution in [-0.2, 0) is 14.1 Å². The molecule has 9 aromatic carbocycles. The van der Waals surface area contributed by atoms with Crippen LogP contribution in [0, 0.1) is 0 Å². The van der Waals surface area contributed by atoms with Gasteiger partial charge in [0.25, 0.3) is 0 Å². The number of aromatic nitrogens is 2. The highest BCUT2D eigenvalue weighted by Crippen LogP contribution is 2.46. The quantitative estimate of drug-likeness (QED) is 0.163. The van der Waals surface area contributed by atoms with Crippen LogP contribution in [0.25, 0.3) is 110 Å². The van der Waals surface area contributed by atoms with E-state index in [4.69, 9.17) is 0 Å². The summed E-state index contributed by atoms with van der Waals surface area (Å²) in [4.78, 5) is 0. The smallest absolute Gasteiger partial charge is 0.0489 e. The molecule has 2 heteroatoms. The Morgan fingerprint density at radius 2 is 0.685 bits per heavy atom. The topological polar surface area (TPSA) is 9.86 Å². The molecule has 0 aliphatic heterocycles. The number of hydrogen-bond donors (Lipinski definition) is 0. The van der Waals surface area contributed by atoms with Crippen LogP contribution in [0.15, 0.2) is 182 Å². The second-order valence-electron chi connectivity index (χ2n) is 14.6. The molecule has 0 N–H and O–H groups in total. The van der Waals surface area contributed by atoms with Crippen LogP contribution in [0.5, 0.6) is 0 Å². The highest BCUT2D eigenvalue weighted by atomic mass is 14.9. The van der Waals surface area contributed by atoms with Crippen LogP contribution in [0.4, 0.5) is 0 Å². The van der Waals surface area contributed by atoms with E-state index in [9.17, 15) is 0 Å². The Hall–Kier alpha value is -6.90. The van der Waals surface area contributed by atoms with Gasteiger partial charge in [-0.25, -0.2) is 0 Å². The number of fused-ring (bicyclic) bond motifs is 8. The molecule has 0 aliphatic rings. The van der Waals surface area contributed by atoms with Crippen molar-refractivity contribution in [2.24, 2.45) is 14.1 Å². The monoisotopic (exact) mass is 688 g/mol. The number of aryl methyl sites for hydroxylation is 2. The minimum Gasteiger partial charge on any atom is -0.344 e. The first-order valence-corrected chi connectivity index (χ1v) is 18.7. The van der Waals surface area contributed by atoms with Crippen LogP contribution in [-0.4, -0.2) is 9.13 Å². The van der Waals surface area contributed by atoms with Crippen LogP contribution in [0.1, 0.15) is 0 Å². The second-order valence-corrected chi connectivity index (χ2v) is 14.6. The standard InChI is InChI=1S/C52H36N2/c1-53-48-24-10-8-17-39(48)46-30-34(26-28-50(46)53)37-20-12-22-42-44(37)32-45-38(35-27-29-51-47(31-35)40-18-9-11-25-49(40)54(51)2)21-13-23-43(45)52(42)41-19-7-6-16-36(41)33-14-4-3-5-15-33/h3-32H,1-2H3. The summed E-state index contributed by atoms with van der Waals surface area (Å²) in [6.07, 6.45) is 0. The summed E-state index contributed by atoms with van der Waals surface area (Å²) >= 11 is 0. The fourth-order valence-corrected chi connectivity index (χ4v) is 9.20. The van der Waals surface area contributed by atoms with Gasteiger partial charge in [-0.1, -0.05) is 140 Å². The Labute approximate surface area is 313 Å². The first kappa shape index (κ1) is 30.7. The maximum Gasteiger partial charge on any atom is 0.0489 e. The third kappa shape index (κ3) is 4.47. The van der Waals surface area contributed by atoms with E-state index in [1.54, 1.807) is 0 Å². The van der Waals surface area contributed by atoms with Crippen LogP contribution >= 0.6 is 0 Å². The molecule has 0 saturated carbocycles. The number of benzene rings is 9. The summed E-state index contributed by atoms with van der Waals surface area (Å²) in [6.45, 7) is 0. The molecule has 2 aromatic heterocycles. The number of rotatable bonds is 4. The first-order valence-electron chi connectivity index (χ1n) is 18.7.